The van der Waals surface area contributed by atoms with E-state index in [9.17, 15) is 14.7 Å². The zero-order valence-electron chi connectivity index (χ0n) is 13.0. The van der Waals surface area contributed by atoms with Gasteiger partial charge >= 0.3 is 12.1 Å². The van der Waals surface area contributed by atoms with Gasteiger partial charge in [-0.2, -0.15) is 0 Å². The highest BCUT2D eigenvalue weighted by atomic mass is 16.6. The Morgan fingerprint density at radius 3 is 2.35 bits per heavy atom. The van der Waals surface area contributed by atoms with Crippen molar-refractivity contribution < 1.29 is 19.4 Å². The lowest BCUT2D eigenvalue weighted by Crippen LogP contribution is -2.46. The normalized spacial score (nSPS) is 32.0. The molecule has 0 aromatic rings. The van der Waals surface area contributed by atoms with Crippen molar-refractivity contribution in [1.82, 2.24) is 4.90 Å². The molecule has 0 radical (unpaired) electrons. The number of hydrogen-bond acceptors (Lipinski definition) is 3. The molecule has 1 aliphatic carbocycles. The molecule has 0 aromatic heterocycles. The molecule has 114 valence electrons. The van der Waals surface area contributed by atoms with Crippen molar-refractivity contribution in [3.8, 4) is 0 Å². The summed E-state index contributed by atoms with van der Waals surface area (Å²) in [5, 5.41) is 9.50. The second-order valence-electron chi connectivity index (χ2n) is 7.91. The molecule has 2 rings (SSSR count). The Labute approximate surface area is 120 Å². The lowest BCUT2D eigenvalue weighted by Gasteiger charge is -2.30. The highest BCUT2D eigenvalue weighted by molar-refractivity contribution is 5.81. The molecule has 2 fully saturated rings. The number of carboxylic acid groups (broad SMARTS) is 1. The van der Waals surface area contributed by atoms with Crippen LogP contribution in [-0.2, 0) is 9.53 Å². The van der Waals surface area contributed by atoms with Gasteiger partial charge < -0.3 is 9.84 Å². The lowest BCUT2D eigenvalue weighted by molar-refractivity contribution is -0.143. The minimum atomic E-state index is -0.916. The van der Waals surface area contributed by atoms with Crippen LogP contribution in [0.3, 0.4) is 0 Å². The molecule has 0 spiro atoms. The summed E-state index contributed by atoms with van der Waals surface area (Å²) in [5.74, 6) is -0.588. The minimum absolute atomic E-state index is 0.0509. The molecular formula is C15H25NO4. The number of carbonyl (C=O) groups is 2. The van der Waals surface area contributed by atoms with Gasteiger partial charge in [0.1, 0.15) is 11.6 Å². The molecule has 20 heavy (non-hydrogen) atoms. The predicted molar refractivity (Wildman–Crippen MR) is 74.4 cm³/mol. The molecule has 1 heterocycles. The standard InChI is InChI=1S/C15H25NO4/c1-14(2,3)20-13(19)16-8-9-6-15(4,5)7-10(9)11(16)12(17)18/h9-11H,6-8H2,1-5H3,(H,17,18)/t9-,10-,11-/m0/s1. The fraction of sp³-hybridized carbons (Fsp3) is 0.867. The average Bonchev–Trinajstić information content (AvgIpc) is 2.65. The highest BCUT2D eigenvalue weighted by Gasteiger charge is 2.54. The van der Waals surface area contributed by atoms with Crippen LogP contribution in [0.4, 0.5) is 4.79 Å². The number of ether oxygens (including phenoxy) is 1. The highest BCUT2D eigenvalue weighted by Crippen LogP contribution is 2.51. The first-order chi connectivity index (χ1) is 9.00. The number of carboxylic acids is 1. The van der Waals surface area contributed by atoms with Gasteiger partial charge in [0.25, 0.3) is 0 Å². The van der Waals surface area contributed by atoms with Gasteiger partial charge in [-0.1, -0.05) is 13.8 Å². The molecule has 1 saturated carbocycles. The van der Waals surface area contributed by atoms with Crippen molar-refractivity contribution >= 4 is 12.1 Å². The summed E-state index contributed by atoms with van der Waals surface area (Å²) >= 11 is 0. The van der Waals surface area contributed by atoms with Crippen molar-refractivity contribution in [2.24, 2.45) is 17.3 Å². The zero-order chi connectivity index (χ0) is 15.3. The maximum Gasteiger partial charge on any atom is 0.411 e. The third-order valence-electron chi connectivity index (χ3n) is 4.26. The Morgan fingerprint density at radius 2 is 1.85 bits per heavy atom. The Hall–Kier alpha value is -1.26. The summed E-state index contributed by atoms with van der Waals surface area (Å²) in [4.78, 5) is 25.2. The van der Waals surface area contributed by atoms with E-state index in [4.69, 9.17) is 4.74 Å². The van der Waals surface area contributed by atoms with Crippen LogP contribution in [0.5, 0.6) is 0 Å². The summed E-state index contributed by atoms with van der Waals surface area (Å²) in [6, 6.07) is -0.739. The maximum absolute atomic E-state index is 12.2. The third kappa shape index (κ3) is 2.91. The van der Waals surface area contributed by atoms with Gasteiger partial charge in [-0.3, -0.25) is 4.90 Å². The van der Waals surface area contributed by atoms with Gasteiger partial charge in [-0.25, -0.2) is 9.59 Å². The summed E-state index contributed by atoms with van der Waals surface area (Å²) in [7, 11) is 0. The van der Waals surface area contributed by atoms with Crippen molar-refractivity contribution in [1.29, 1.82) is 0 Å². The monoisotopic (exact) mass is 283 g/mol. The Balaban J connectivity index is 2.16. The van der Waals surface area contributed by atoms with Crippen molar-refractivity contribution in [3.05, 3.63) is 0 Å². The number of aliphatic carboxylic acids is 1. The van der Waals surface area contributed by atoms with E-state index in [2.05, 4.69) is 13.8 Å². The second kappa shape index (κ2) is 4.64. The van der Waals surface area contributed by atoms with Crippen LogP contribution in [0, 0.1) is 17.3 Å². The molecule has 1 saturated heterocycles. The minimum Gasteiger partial charge on any atom is -0.480 e. The van der Waals surface area contributed by atoms with Gasteiger partial charge in [0, 0.05) is 6.54 Å². The van der Waals surface area contributed by atoms with E-state index in [1.54, 1.807) is 20.8 Å². The van der Waals surface area contributed by atoms with Crippen molar-refractivity contribution in [2.75, 3.05) is 6.54 Å². The largest absolute Gasteiger partial charge is 0.480 e. The molecule has 1 amide bonds. The molecule has 1 aliphatic heterocycles. The molecule has 2 aliphatic rings. The lowest BCUT2D eigenvalue weighted by atomic mass is 9.88. The molecule has 0 aromatic carbocycles. The van der Waals surface area contributed by atoms with E-state index in [1.807, 2.05) is 0 Å². The van der Waals surface area contributed by atoms with Gasteiger partial charge in [0.15, 0.2) is 0 Å². The molecular weight excluding hydrogens is 258 g/mol. The van der Waals surface area contributed by atoms with Crippen LogP contribution < -0.4 is 0 Å². The van der Waals surface area contributed by atoms with Crippen LogP contribution in [-0.4, -0.2) is 40.3 Å². The van der Waals surface area contributed by atoms with Crippen molar-refractivity contribution in [3.63, 3.8) is 0 Å². The van der Waals surface area contributed by atoms with Crippen LogP contribution in [0.2, 0.25) is 0 Å². The van der Waals surface area contributed by atoms with Crippen LogP contribution in [0.25, 0.3) is 0 Å². The first-order valence-corrected chi connectivity index (χ1v) is 7.23. The molecule has 0 unspecified atom stereocenters. The number of likely N-dealkylation sites (tertiary alicyclic amines) is 1. The molecule has 3 atom stereocenters. The first-order valence-electron chi connectivity index (χ1n) is 7.23. The van der Waals surface area contributed by atoms with E-state index in [0.717, 1.165) is 12.8 Å². The zero-order valence-corrected chi connectivity index (χ0v) is 13.0. The fourth-order valence-corrected chi connectivity index (χ4v) is 3.74. The first kappa shape index (κ1) is 15.1. The topological polar surface area (TPSA) is 66.8 Å². The van der Waals surface area contributed by atoms with Crippen LogP contribution in [0.1, 0.15) is 47.5 Å². The Kier molecular flexibility index (Phi) is 3.51. The van der Waals surface area contributed by atoms with Crippen molar-refractivity contribution in [2.45, 2.75) is 59.1 Å². The third-order valence-corrected chi connectivity index (χ3v) is 4.26. The number of fused-ring (bicyclic) bond motifs is 1. The number of amides is 1. The summed E-state index contributed by atoms with van der Waals surface area (Å²) in [5.41, 5.74) is -0.430. The molecule has 5 nitrogen and oxygen atoms in total. The molecule has 1 N–H and O–H groups in total. The SMILES string of the molecule is CC1(C)C[C@H]2CN(C(=O)OC(C)(C)C)[C@H](C(=O)O)[C@H]2C1. The van der Waals surface area contributed by atoms with Crippen LogP contribution in [0.15, 0.2) is 0 Å². The summed E-state index contributed by atoms with van der Waals surface area (Å²) in [6.07, 6.45) is 1.33. The summed E-state index contributed by atoms with van der Waals surface area (Å²) in [6.45, 7) is 10.2. The number of carbonyl (C=O) groups excluding carboxylic acids is 1. The van der Waals surface area contributed by atoms with E-state index in [-0.39, 0.29) is 17.3 Å². The molecule has 0 bridgehead atoms. The van der Waals surface area contributed by atoms with Gasteiger partial charge in [-0.05, 0) is 50.9 Å². The summed E-state index contributed by atoms with van der Waals surface area (Å²) < 4.78 is 5.34. The van der Waals surface area contributed by atoms with Gasteiger partial charge in [0.05, 0.1) is 0 Å². The van der Waals surface area contributed by atoms with E-state index in [1.165, 1.54) is 4.90 Å². The van der Waals surface area contributed by atoms with Gasteiger partial charge in [0.2, 0.25) is 0 Å². The Morgan fingerprint density at radius 1 is 1.25 bits per heavy atom. The van der Waals surface area contributed by atoms with E-state index in [0.29, 0.717) is 6.54 Å². The average molecular weight is 283 g/mol. The second-order valence-corrected chi connectivity index (χ2v) is 7.91. The predicted octanol–water partition coefficient (Wildman–Crippen LogP) is 2.74. The maximum atomic E-state index is 12.2. The Bertz CT molecular complexity index is 424. The van der Waals surface area contributed by atoms with E-state index >= 15 is 0 Å². The number of hydrogen-bond donors (Lipinski definition) is 1. The fourth-order valence-electron chi connectivity index (χ4n) is 3.74. The van der Waals surface area contributed by atoms with E-state index < -0.39 is 23.7 Å². The smallest absolute Gasteiger partial charge is 0.411 e. The number of rotatable bonds is 1. The number of nitrogens with zero attached hydrogens (tertiary/aromatic N) is 1. The molecule has 5 heteroatoms. The van der Waals surface area contributed by atoms with Crippen LogP contribution >= 0.6 is 0 Å². The quantitative estimate of drug-likeness (QED) is 0.803. The van der Waals surface area contributed by atoms with Gasteiger partial charge in [-0.15, -0.1) is 0 Å².